The van der Waals surface area contributed by atoms with Gasteiger partial charge in [0.05, 0.1) is 5.75 Å². The zero-order chi connectivity index (χ0) is 11.3. The third kappa shape index (κ3) is 4.49. The van der Waals surface area contributed by atoms with Gasteiger partial charge in [-0.15, -0.1) is 0 Å². The van der Waals surface area contributed by atoms with E-state index in [0.29, 0.717) is 24.8 Å². The first kappa shape index (κ1) is 12.9. The van der Waals surface area contributed by atoms with E-state index >= 15 is 0 Å². The second-order valence-electron chi connectivity index (χ2n) is 4.41. The standard InChI is InChI=1S/C10H21NO3S/c1-9-4-2-5-10(9)8-11-15(13,14)7-3-6-12/h9-12H,2-8H2,1H3. The molecule has 0 saturated heterocycles. The summed E-state index contributed by atoms with van der Waals surface area (Å²) in [6.07, 6.45) is 3.87. The number of hydrogen-bond acceptors (Lipinski definition) is 3. The Kier molecular flexibility index (Phi) is 5.02. The van der Waals surface area contributed by atoms with Crippen LogP contribution in [0.2, 0.25) is 0 Å². The van der Waals surface area contributed by atoms with E-state index in [-0.39, 0.29) is 12.4 Å². The molecule has 2 N–H and O–H groups in total. The van der Waals surface area contributed by atoms with Gasteiger partial charge in [-0.1, -0.05) is 19.8 Å². The van der Waals surface area contributed by atoms with Gasteiger partial charge in [-0.3, -0.25) is 0 Å². The van der Waals surface area contributed by atoms with Gasteiger partial charge in [0, 0.05) is 13.2 Å². The molecule has 0 aromatic carbocycles. The normalized spacial score (nSPS) is 27.1. The fourth-order valence-electron chi connectivity index (χ4n) is 2.09. The highest BCUT2D eigenvalue weighted by Crippen LogP contribution is 2.30. The lowest BCUT2D eigenvalue weighted by atomic mass is 9.99. The number of aliphatic hydroxyl groups excluding tert-OH is 1. The third-order valence-electron chi connectivity index (χ3n) is 3.18. The first-order valence-corrected chi connectivity index (χ1v) is 7.28. The molecule has 0 amide bonds. The maximum Gasteiger partial charge on any atom is 0.211 e. The zero-order valence-electron chi connectivity index (χ0n) is 9.28. The molecular weight excluding hydrogens is 214 g/mol. The van der Waals surface area contributed by atoms with Gasteiger partial charge in [0.2, 0.25) is 10.0 Å². The average molecular weight is 235 g/mol. The summed E-state index contributed by atoms with van der Waals surface area (Å²) in [4.78, 5) is 0. The van der Waals surface area contributed by atoms with Crippen LogP contribution >= 0.6 is 0 Å². The predicted molar refractivity (Wildman–Crippen MR) is 60.0 cm³/mol. The summed E-state index contributed by atoms with van der Waals surface area (Å²) in [6.45, 7) is 2.68. The first-order chi connectivity index (χ1) is 7.05. The molecule has 1 aliphatic carbocycles. The SMILES string of the molecule is CC1CCCC1CNS(=O)(=O)CCCO. The van der Waals surface area contributed by atoms with E-state index in [1.807, 2.05) is 0 Å². The largest absolute Gasteiger partial charge is 0.396 e. The summed E-state index contributed by atoms with van der Waals surface area (Å²) in [5.41, 5.74) is 0. The van der Waals surface area contributed by atoms with E-state index in [9.17, 15) is 8.42 Å². The van der Waals surface area contributed by atoms with E-state index < -0.39 is 10.0 Å². The molecule has 0 spiro atoms. The van der Waals surface area contributed by atoms with E-state index in [0.717, 1.165) is 6.42 Å². The van der Waals surface area contributed by atoms with Crippen LogP contribution in [0.1, 0.15) is 32.6 Å². The maximum absolute atomic E-state index is 11.4. The molecule has 0 aromatic heterocycles. The van der Waals surface area contributed by atoms with Crippen molar-refractivity contribution in [1.29, 1.82) is 0 Å². The van der Waals surface area contributed by atoms with Crippen LogP contribution < -0.4 is 4.72 Å². The van der Waals surface area contributed by atoms with Gasteiger partial charge >= 0.3 is 0 Å². The van der Waals surface area contributed by atoms with Crippen molar-refractivity contribution in [2.45, 2.75) is 32.6 Å². The molecule has 1 aliphatic rings. The Balaban J connectivity index is 2.29. The van der Waals surface area contributed by atoms with Crippen LogP contribution in [0.25, 0.3) is 0 Å². The molecule has 0 bridgehead atoms. The van der Waals surface area contributed by atoms with Crippen LogP contribution in [-0.2, 0) is 10.0 Å². The molecular formula is C10H21NO3S. The van der Waals surface area contributed by atoms with Crippen molar-refractivity contribution < 1.29 is 13.5 Å². The molecule has 1 fully saturated rings. The summed E-state index contributed by atoms with van der Waals surface area (Å²) < 4.78 is 25.5. The second kappa shape index (κ2) is 5.82. The summed E-state index contributed by atoms with van der Waals surface area (Å²) in [5, 5.41) is 8.56. The van der Waals surface area contributed by atoms with Crippen LogP contribution in [0.15, 0.2) is 0 Å². The molecule has 2 unspecified atom stereocenters. The van der Waals surface area contributed by atoms with Crippen LogP contribution in [0.5, 0.6) is 0 Å². The van der Waals surface area contributed by atoms with Gasteiger partial charge in [-0.25, -0.2) is 13.1 Å². The highest BCUT2D eigenvalue weighted by molar-refractivity contribution is 7.89. The van der Waals surface area contributed by atoms with Crippen LogP contribution in [0.4, 0.5) is 0 Å². The lowest BCUT2D eigenvalue weighted by Crippen LogP contribution is -2.32. The molecule has 90 valence electrons. The molecule has 0 heterocycles. The number of sulfonamides is 1. The van der Waals surface area contributed by atoms with E-state index in [1.54, 1.807) is 0 Å². The minimum absolute atomic E-state index is 0.0323. The minimum Gasteiger partial charge on any atom is -0.396 e. The molecule has 4 nitrogen and oxygen atoms in total. The van der Waals surface area contributed by atoms with Crippen LogP contribution in [-0.4, -0.2) is 32.4 Å². The molecule has 5 heteroatoms. The Labute approximate surface area is 92.1 Å². The smallest absolute Gasteiger partial charge is 0.211 e. The lowest BCUT2D eigenvalue weighted by molar-refractivity contribution is 0.295. The van der Waals surface area contributed by atoms with Crippen molar-refractivity contribution in [3.63, 3.8) is 0 Å². The topological polar surface area (TPSA) is 66.4 Å². The summed E-state index contributed by atoms with van der Waals surface area (Å²) in [7, 11) is -3.16. The highest BCUT2D eigenvalue weighted by atomic mass is 32.2. The van der Waals surface area contributed by atoms with Crippen molar-refractivity contribution >= 4 is 10.0 Å². The van der Waals surface area contributed by atoms with Gasteiger partial charge < -0.3 is 5.11 Å². The molecule has 0 aliphatic heterocycles. The van der Waals surface area contributed by atoms with E-state index in [2.05, 4.69) is 11.6 Å². The Bertz CT molecular complexity index is 276. The van der Waals surface area contributed by atoms with Crippen LogP contribution in [0.3, 0.4) is 0 Å². The zero-order valence-corrected chi connectivity index (χ0v) is 10.1. The van der Waals surface area contributed by atoms with Gasteiger partial charge in [0.25, 0.3) is 0 Å². The Morgan fingerprint density at radius 1 is 1.40 bits per heavy atom. The van der Waals surface area contributed by atoms with Crippen molar-refractivity contribution in [2.75, 3.05) is 18.9 Å². The van der Waals surface area contributed by atoms with Gasteiger partial charge in [0.1, 0.15) is 0 Å². The first-order valence-electron chi connectivity index (χ1n) is 5.63. The third-order valence-corrected chi connectivity index (χ3v) is 4.61. The van der Waals surface area contributed by atoms with Crippen molar-refractivity contribution in [3.05, 3.63) is 0 Å². The predicted octanol–water partition coefficient (Wildman–Crippen LogP) is 0.724. The number of rotatable bonds is 6. The van der Waals surface area contributed by atoms with Crippen LogP contribution in [0, 0.1) is 11.8 Å². The van der Waals surface area contributed by atoms with E-state index in [1.165, 1.54) is 12.8 Å². The lowest BCUT2D eigenvalue weighted by Gasteiger charge is -2.15. The Morgan fingerprint density at radius 3 is 2.67 bits per heavy atom. The van der Waals surface area contributed by atoms with Crippen molar-refractivity contribution in [1.82, 2.24) is 4.72 Å². The fraction of sp³-hybridized carbons (Fsp3) is 1.00. The van der Waals surface area contributed by atoms with Gasteiger partial charge in [0.15, 0.2) is 0 Å². The molecule has 1 saturated carbocycles. The highest BCUT2D eigenvalue weighted by Gasteiger charge is 2.24. The average Bonchev–Trinajstić information content (AvgIpc) is 2.58. The number of aliphatic hydroxyl groups is 1. The Morgan fingerprint density at radius 2 is 2.13 bits per heavy atom. The molecule has 0 radical (unpaired) electrons. The quantitative estimate of drug-likeness (QED) is 0.713. The number of nitrogens with one attached hydrogen (secondary N) is 1. The Hall–Kier alpha value is -0.130. The monoisotopic (exact) mass is 235 g/mol. The van der Waals surface area contributed by atoms with Gasteiger partial charge in [-0.2, -0.15) is 0 Å². The van der Waals surface area contributed by atoms with E-state index in [4.69, 9.17) is 5.11 Å². The molecule has 0 aromatic rings. The number of hydrogen-bond donors (Lipinski definition) is 2. The maximum atomic E-state index is 11.4. The summed E-state index contributed by atoms with van der Waals surface area (Å²) in [5.74, 6) is 1.16. The minimum atomic E-state index is -3.16. The van der Waals surface area contributed by atoms with Crippen molar-refractivity contribution in [3.8, 4) is 0 Å². The second-order valence-corrected chi connectivity index (χ2v) is 6.34. The fourth-order valence-corrected chi connectivity index (χ4v) is 3.21. The summed E-state index contributed by atoms with van der Waals surface area (Å²) >= 11 is 0. The molecule has 1 rings (SSSR count). The molecule has 2 atom stereocenters. The molecule has 15 heavy (non-hydrogen) atoms. The van der Waals surface area contributed by atoms with Gasteiger partial charge in [-0.05, 0) is 24.7 Å². The van der Waals surface area contributed by atoms with Crippen molar-refractivity contribution in [2.24, 2.45) is 11.8 Å². The summed E-state index contributed by atoms with van der Waals surface area (Å²) in [6, 6.07) is 0.